The van der Waals surface area contributed by atoms with Crippen LogP contribution in [0.2, 0.25) is 0 Å². The maximum absolute atomic E-state index is 11.7. The number of carbonyl (C=O) groups excluding carboxylic acids is 2. The molecule has 1 saturated heterocycles. The number of anilines is 1. The van der Waals surface area contributed by atoms with E-state index < -0.39 is 30.5 Å². The molecule has 0 radical (unpaired) electrons. The number of nitrogens with two attached hydrogens (primary N) is 1. The molecule has 11 nitrogen and oxygen atoms in total. The first-order valence-electron chi connectivity index (χ1n) is 8.36. The smallest absolute Gasteiger partial charge is 0.306 e. The number of aliphatic hydroxyl groups excluding tert-OH is 1. The number of aliphatic hydroxyl groups is 1. The highest BCUT2D eigenvalue weighted by molar-refractivity contribution is 5.81. The molecule has 0 amide bonds. The van der Waals surface area contributed by atoms with E-state index in [9.17, 15) is 14.7 Å². The summed E-state index contributed by atoms with van der Waals surface area (Å²) in [7, 11) is 1.44. The molecule has 3 rings (SSSR count). The van der Waals surface area contributed by atoms with Crippen LogP contribution in [0.4, 0.5) is 5.82 Å². The number of ketones is 1. The number of hydrogen-bond acceptors (Lipinski definition) is 10. The zero-order chi connectivity index (χ0) is 19.6. The van der Waals surface area contributed by atoms with Crippen LogP contribution >= 0.6 is 0 Å². The second-order valence-corrected chi connectivity index (χ2v) is 6.22. The second kappa shape index (κ2) is 7.94. The van der Waals surface area contributed by atoms with Gasteiger partial charge in [-0.2, -0.15) is 0 Å². The fraction of sp³-hybridized carbons (Fsp3) is 0.562. The standard InChI is InChI=1S/C16H21N5O6/c1-8(22)3-4-10(23)26-5-9-12(24)13(25-2)16(27-9)21-7-20-11-14(17)18-6-19-15(11)21/h6-7,9,12-13,16,24H,3-5H2,1-2H3,(H2,17,18,19)/t9-,12-,13-,16-/m1/s1. The lowest BCUT2D eigenvalue weighted by Crippen LogP contribution is -2.35. The van der Waals surface area contributed by atoms with Crippen molar-refractivity contribution in [3.8, 4) is 0 Å². The predicted molar refractivity (Wildman–Crippen MR) is 91.3 cm³/mol. The number of nitrogen functional groups attached to an aromatic ring is 1. The monoisotopic (exact) mass is 379 g/mol. The summed E-state index contributed by atoms with van der Waals surface area (Å²) in [6.45, 7) is 1.23. The lowest BCUT2D eigenvalue weighted by atomic mass is 10.1. The number of rotatable bonds is 7. The number of fused-ring (bicyclic) bond motifs is 1. The third kappa shape index (κ3) is 3.89. The second-order valence-electron chi connectivity index (χ2n) is 6.22. The highest BCUT2D eigenvalue weighted by atomic mass is 16.6. The molecule has 3 heterocycles. The van der Waals surface area contributed by atoms with E-state index in [2.05, 4.69) is 15.0 Å². The molecule has 4 atom stereocenters. The maximum atomic E-state index is 11.7. The van der Waals surface area contributed by atoms with Gasteiger partial charge in [-0.3, -0.25) is 9.36 Å². The van der Waals surface area contributed by atoms with Crippen molar-refractivity contribution in [2.24, 2.45) is 0 Å². The zero-order valence-corrected chi connectivity index (χ0v) is 14.9. The van der Waals surface area contributed by atoms with Gasteiger partial charge in [0.05, 0.1) is 12.7 Å². The van der Waals surface area contributed by atoms with E-state index in [1.54, 1.807) is 4.57 Å². The average molecular weight is 379 g/mol. The SMILES string of the molecule is CO[C@@H]1[C@H](O)[C@@H](COC(=O)CCC(C)=O)O[C@H]1n1cnc2c(N)ncnc21. The molecule has 11 heteroatoms. The van der Waals surface area contributed by atoms with Crippen molar-refractivity contribution in [1.29, 1.82) is 0 Å². The number of hydrogen-bond donors (Lipinski definition) is 2. The number of ether oxygens (including phenoxy) is 3. The number of imidazole rings is 1. The minimum atomic E-state index is -1.04. The fourth-order valence-electron chi connectivity index (χ4n) is 2.92. The molecule has 1 fully saturated rings. The quantitative estimate of drug-likeness (QED) is 0.607. The number of esters is 1. The number of carbonyl (C=O) groups is 2. The van der Waals surface area contributed by atoms with Crippen molar-refractivity contribution in [3.05, 3.63) is 12.7 Å². The molecule has 1 aliphatic heterocycles. The Kier molecular flexibility index (Phi) is 5.63. The lowest BCUT2D eigenvalue weighted by molar-refractivity contribution is -0.150. The normalized spacial score (nSPS) is 25.0. The van der Waals surface area contributed by atoms with E-state index in [-0.39, 0.29) is 31.0 Å². The molecule has 0 aliphatic carbocycles. The highest BCUT2D eigenvalue weighted by Gasteiger charge is 2.46. The van der Waals surface area contributed by atoms with Gasteiger partial charge in [0.1, 0.15) is 42.5 Å². The Bertz CT molecular complexity index is 840. The van der Waals surface area contributed by atoms with Crippen LogP contribution < -0.4 is 5.73 Å². The first-order chi connectivity index (χ1) is 12.9. The molecule has 0 bridgehead atoms. The first-order valence-corrected chi connectivity index (χ1v) is 8.36. The summed E-state index contributed by atoms with van der Waals surface area (Å²) in [4.78, 5) is 34.8. The van der Waals surface area contributed by atoms with Gasteiger partial charge in [-0.15, -0.1) is 0 Å². The molecule has 146 valence electrons. The van der Waals surface area contributed by atoms with Gasteiger partial charge < -0.3 is 29.8 Å². The van der Waals surface area contributed by atoms with E-state index in [1.165, 1.54) is 26.7 Å². The van der Waals surface area contributed by atoms with Crippen LogP contribution in [0.3, 0.4) is 0 Å². The van der Waals surface area contributed by atoms with Gasteiger partial charge in [-0.25, -0.2) is 15.0 Å². The van der Waals surface area contributed by atoms with Crippen LogP contribution in [-0.2, 0) is 23.8 Å². The van der Waals surface area contributed by atoms with Crippen LogP contribution in [0.5, 0.6) is 0 Å². The summed E-state index contributed by atoms with van der Waals surface area (Å²) in [5.74, 6) is -0.411. The van der Waals surface area contributed by atoms with Crippen molar-refractivity contribution >= 4 is 28.7 Å². The first kappa shape index (κ1) is 19.1. The Labute approximate surface area is 154 Å². The molecule has 0 aromatic carbocycles. The van der Waals surface area contributed by atoms with Crippen LogP contribution in [0.25, 0.3) is 11.2 Å². The van der Waals surface area contributed by atoms with E-state index >= 15 is 0 Å². The molecule has 0 spiro atoms. The van der Waals surface area contributed by atoms with Gasteiger partial charge in [-0.1, -0.05) is 0 Å². The van der Waals surface area contributed by atoms with E-state index in [1.807, 2.05) is 0 Å². The van der Waals surface area contributed by atoms with Crippen LogP contribution in [0, 0.1) is 0 Å². The molecule has 2 aromatic rings. The summed E-state index contributed by atoms with van der Waals surface area (Å²) in [5.41, 5.74) is 6.63. The topological polar surface area (TPSA) is 152 Å². The minimum absolute atomic E-state index is 0.0162. The maximum Gasteiger partial charge on any atom is 0.306 e. The number of Topliss-reactive ketones (excluding diaryl/α,β-unsaturated/α-hetero) is 1. The Morgan fingerprint density at radius 1 is 1.33 bits per heavy atom. The van der Waals surface area contributed by atoms with Crippen LogP contribution in [-0.4, -0.2) is 68.4 Å². The Balaban J connectivity index is 1.72. The fourth-order valence-corrected chi connectivity index (χ4v) is 2.92. The molecule has 3 N–H and O–H groups in total. The molecule has 1 aliphatic rings. The van der Waals surface area contributed by atoms with E-state index in [0.29, 0.717) is 11.2 Å². The predicted octanol–water partition coefficient (Wildman–Crippen LogP) is -0.406. The molecular weight excluding hydrogens is 358 g/mol. The third-order valence-corrected chi connectivity index (χ3v) is 4.34. The molecule has 0 unspecified atom stereocenters. The average Bonchev–Trinajstić information content (AvgIpc) is 3.20. The van der Waals surface area contributed by atoms with Gasteiger partial charge in [-0.05, 0) is 6.92 Å². The van der Waals surface area contributed by atoms with Crippen molar-refractivity contribution in [2.75, 3.05) is 19.5 Å². The lowest BCUT2D eigenvalue weighted by Gasteiger charge is -2.19. The Hall–Kier alpha value is -2.63. The molecule has 2 aromatic heterocycles. The van der Waals surface area contributed by atoms with E-state index in [0.717, 1.165) is 0 Å². The number of aromatic nitrogens is 4. The van der Waals surface area contributed by atoms with E-state index in [4.69, 9.17) is 19.9 Å². The summed E-state index contributed by atoms with van der Waals surface area (Å²) >= 11 is 0. The van der Waals surface area contributed by atoms with Crippen molar-refractivity contribution < 1.29 is 28.9 Å². The van der Waals surface area contributed by atoms with Gasteiger partial charge in [0.2, 0.25) is 0 Å². The molecule has 27 heavy (non-hydrogen) atoms. The highest BCUT2D eigenvalue weighted by Crippen LogP contribution is 2.33. The van der Waals surface area contributed by atoms with Gasteiger partial charge >= 0.3 is 5.97 Å². The van der Waals surface area contributed by atoms with Gasteiger partial charge in [0.25, 0.3) is 0 Å². The largest absolute Gasteiger partial charge is 0.463 e. The minimum Gasteiger partial charge on any atom is -0.463 e. The Morgan fingerprint density at radius 3 is 2.81 bits per heavy atom. The van der Waals surface area contributed by atoms with Crippen LogP contribution in [0.1, 0.15) is 26.0 Å². The number of methoxy groups -OCH3 is 1. The number of nitrogens with zero attached hydrogens (tertiary/aromatic N) is 4. The van der Waals surface area contributed by atoms with Gasteiger partial charge in [0.15, 0.2) is 17.7 Å². The van der Waals surface area contributed by atoms with Crippen molar-refractivity contribution in [1.82, 2.24) is 19.5 Å². The molecular formula is C16H21N5O6. The summed E-state index contributed by atoms with van der Waals surface area (Å²) in [6, 6.07) is 0. The summed E-state index contributed by atoms with van der Waals surface area (Å²) in [5, 5.41) is 10.5. The third-order valence-electron chi connectivity index (χ3n) is 4.34. The zero-order valence-electron chi connectivity index (χ0n) is 14.9. The van der Waals surface area contributed by atoms with Crippen molar-refractivity contribution in [3.63, 3.8) is 0 Å². The summed E-state index contributed by atoms with van der Waals surface area (Å²) in [6.07, 6.45) is -0.465. The molecule has 0 saturated carbocycles. The van der Waals surface area contributed by atoms with Crippen molar-refractivity contribution in [2.45, 2.75) is 44.3 Å². The van der Waals surface area contributed by atoms with Gasteiger partial charge in [0, 0.05) is 13.5 Å². The Morgan fingerprint density at radius 2 is 2.11 bits per heavy atom. The summed E-state index contributed by atoms with van der Waals surface area (Å²) < 4.78 is 17.9. The van der Waals surface area contributed by atoms with Crippen LogP contribution in [0.15, 0.2) is 12.7 Å².